The SMILES string of the molecule is Cc1cc(Br)ccc1N1CCCCNCC1=O. The van der Waals surface area contributed by atoms with E-state index in [-0.39, 0.29) is 5.91 Å². The standard InChI is InChI=1S/C13H17BrN2O/c1-10-8-11(14)4-5-12(10)16-7-3-2-6-15-9-13(16)17/h4-5,8,15H,2-3,6-7,9H2,1H3. The van der Waals surface area contributed by atoms with Crippen LogP contribution in [-0.2, 0) is 4.79 Å². The van der Waals surface area contributed by atoms with E-state index < -0.39 is 0 Å². The highest BCUT2D eigenvalue weighted by molar-refractivity contribution is 9.10. The minimum absolute atomic E-state index is 0.162. The van der Waals surface area contributed by atoms with Crippen LogP contribution in [0.25, 0.3) is 0 Å². The highest BCUT2D eigenvalue weighted by Crippen LogP contribution is 2.24. The van der Waals surface area contributed by atoms with Crippen LogP contribution in [0.1, 0.15) is 18.4 Å². The summed E-state index contributed by atoms with van der Waals surface area (Å²) >= 11 is 3.45. The fraction of sp³-hybridized carbons (Fsp3) is 0.462. The Morgan fingerprint density at radius 2 is 2.18 bits per heavy atom. The summed E-state index contributed by atoms with van der Waals surface area (Å²) in [6.07, 6.45) is 2.17. The van der Waals surface area contributed by atoms with Gasteiger partial charge in [0.2, 0.25) is 5.91 Å². The number of halogens is 1. The third-order valence-corrected chi connectivity index (χ3v) is 3.51. The van der Waals surface area contributed by atoms with E-state index in [1.54, 1.807) is 0 Å². The number of rotatable bonds is 1. The van der Waals surface area contributed by atoms with E-state index in [9.17, 15) is 4.79 Å². The molecule has 1 aliphatic heterocycles. The second-order valence-corrected chi connectivity index (χ2v) is 5.28. The molecule has 3 nitrogen and oxygen atoms in total. The minimum atomic E-state index is 0.162. The molecule has 0 aliphatic carbocycles. The molecule has 1 aliphatic rings. The van der Waals surface area contributed by atoms with Gasteiger partial charge in [-0.2, -0.15) is 0 Å². The summed E-state index contributed by atoms with van der Waals surface area (Å²) < 4.78 is 1.05. The van der Waals surface area contributed by atoms with E-state index in [4.69, 9.17) is 0 Å². The van der Waals surface area contributed by atoms with Gasteiger partial charge in [-0.1, -0.05) is 15.9 Å². The summed E-state index contributed by atoms with van der Waals surface area (Å²) in [4.78, 5) is 14.0. The number of amides is 1. The van der Waals surface area contributed by atoms with Gasteiger partial charge in [0.15, 0.2) is 0 Å². The Morgan fingerprint density at radius 3 is 2.94 bits per heavy atom. The normalized spacial score (nSPS) is 17.8. The van der Waals surface area contributed by atoms with Gasteiger partial charge in [-0.25, -0.2) is 0 Å². The first kappa shape index (κ1) is 12.6. The molecule has 1 fully saturated rings. The second-order valence-electron chi connectivity index (χ2n) is 4.36. The van der Waals surface area contributed by atoms with Gasteiger partial charge in [-0.05, 0) is 50.1 Å². The topological polar surface area (TPSA) is 32.3 Å². The van der Waals surface area contributed by atoms with Gasteiger partial charge < -0.3 is 10.2 Å². The highest BCUT2D eigenvalue weighted by atomic mass is 79.9. The van der Waals surface area contributed by atoms with Crippen LogP contribution in [0.2, 0.25) is 0 Å². The molecule has 4 heteroatoms. The molecule has 1 amide bonds. The van der Waals surface area contributed by atoms with Gasteiger partial charge in [-0.15, -0.1) is 0 Å². The molecule has 1 aromatic carbocycles. The smallest absolute Gasteiger partial charge is 0.240 e. The summed E-state index contributed by atoms with van der Waals surface area (Å²) in [7, 11) is 0. The zero-order chi connectivity index (χ0) is 12.3. The number of nitrogens with one attached hydrogen (secondary N) is 1. The molecule has 0 unspecified atom stereocenters. The van der Waals surface area contributed by atoms with Gasteiger partial charge in [0, 0.05) is 16.7 Å². The lowest BCUT2D eigenvalue weighted by molar-refractivity contribution is -0.118. The van der Waals surface area contributed by atoms with Crippen molar-refractivity contribution in [2.45, 2.75) is 19.8 Å². The zero-order valence-electron chi connectivity index (χ0n) is 10.0. The lowest BCUT2D eigenvalue weighted by atomic mass is 10.1. The lowest BCUT2D eigenvalue weighted by Crippen LogP contribution is -2.41. The van der Waals surface area contributed by atoms with E-state index in [0.717, 1.165) is 41.7 Å². The molecular formula is C13H17BrN2O. The predicted molar refractivity (Wildman–Crippen MR) is 73.3 cm³/mol. The first-order valence-electron chi connectivity index (χ1n) is 5.96. The Bertz CT molecular complexity index is 420. The molecule has 0 atom stereocenters. The Kier molecular flexibility index (Phi) is 4.18. The number of hydrogen-bond donors (Lipinski definition) is 1. The van der Waals surface area contributed by atoms with Crippen molar-refractivity contribution in [2.24, 2.45) is 0 Å². The molecule has 0 aromatic heterocycles. The molecule has 1 aromatic rings. The lowest BCUT2D eigenvalue weighted by Gasteiger charge is -2.26. The van der Waals surface area contributed by atoms with E-state index in [1.165, 1.54) is 0 Å². The number of carbonyl (C=O) groups is 1. The Hall–Kier alpha value is -0.870. The molecule has 17 heavy (non-hydrogen) atoms. The van der Waals surface area contributed by atoms with E-state index in [2.05, 4.69) is 27.3 Å². The highest BCUT2D eigenvalue weighted by Gasteiger charge is 2.18. The van der Waals surface area contributed by atoms with Gasteiger partial charge in [0.1, 0.15) is 0 Å². The quantitative estimate of drug-likeness (QED) is 0.863. The Morgan fingerprint density at radius 1 is 1.35 bits per heavy atom. The molecular weight excluding hydrogens is 280 g/mol. The summed E-state index contributed by atoms with van der Waals surface area (Å²) in [5, 5.41) is 3.17. The van der Waals surface area contributed by atoms with Crippen LogP contribution >= 0.6 is 15.9 Å². The average Bonchev–Trinajstić information content (AvgIpc) is 2.26. The second kappa shape index (κ2) is 5.65. The van der Waals surface area contributed by atoms with Crippen LogP contribution < -0.4 is 10.2 Å². The van der Waals surface area contributed by atoms with Crippen LogP contribution in [0, 0.1) is 6.92 Å². The third kappa shape index (κ3) is 3.07. The molecule has 0 saturated carbocycles. The van der Waals surface area contributed by atoms with Crippen molar-refractivity contribution < 1.29 is 4.79 Å². The first-order chi connectivity index (χ1) is 8.18. The average molecular weight is 297 g/mol. The Labute approximate surface area is 110 Å². The fourth-order valence-electron chi connectivity index (χ4n) is 2.11. The molecule has 0 radical (unpaired) electrons. The monoisotopic (exact) mass is 296 g/mol. The molecule has 2 rings (SSSR count). The van der Waals surface area contributed by atoms with Crippen molar-refractivity contribution in [1.29, 1.82) is 0 Å². The van der Waals surface area contributed by atoms with Crippen molar-refractivity contribution in [3.05, 3.63) is 28.2 Å². The van der Waals surface area contributed by atoms with Crippen molar-refractivity contribution in [2.75, 3.05) is 24.5 Å². The molecule has 0 bridgehead atoms. The summed E-state index contributed by atoms with van der Waals surface area (Å²) in [6, 6.07) is 6.05. The summed E-state index contributed by atoms with van der Waals surface area (Å²) in [5.74, 6) is 0.162. The van der Waals surface area contributed by atoms with Gasteiger partial charge in [0.25, 0.3) is 0 Å². The summed E-state index contributed by atoms with van der Waals surface area (Å²) in [5.41, 5.74) is 2.16. The van der Waals surface area contributed by atoms with Gasteiger partial charge >= 0.3 is 0 Å². The number of nitrogens with zero attached hydrogens (tertiary/aromatic N) is 1. The Balaban J connectivity index is 2.25. The molecule has 0 spiro atoms. The van der Waals surface area contributed by atoms with E-state index in [1.807, 2.05) is 24.0 Å². The number of aryl methyl sites for hydroxylation is 1. The molecule has 1 N–H and O–H groups in total. The maximum Gasteiger partial charge on any atom is 0.240 e. The number of hydrogen-bond acceptors (Lipinski definition) is 2. The summed E-state index contributed by atoms with van der Waals surface area (Å²) in [6.45, 7) is 4.25. The van der Waals surface area contributed by atoms with Crippen LogP contribution in [0.15, 0.2) is 22.7 Å². The van der Waals surface area contributed by atoms with Crippen LogP contribution in [0.4, 0.5) is 5.69 Å². The van der Waals surface area contributed by atoms with Crippen LogP contribution in [0.5, 0.6) is 0 Å². The van der Waals surface area contributed by atoms with Crippen molar-refractivity contribution in [3.63, 3.8) is 0 Å². The third-order valence-electron chi connectivity index (χ3n) is 3.01. The van der Waals surface area contributed by atoms with Crippen LogP contribution in [0.3, 0.4) is 0 Å². The maximum absolute atomic E-state index is 12.1. The maximum atomic E-state index is 12.1. The van der Waals surface area contributed by atoms with Crippen molar-refractivity contribution in [1.82, 2.24) is 5.32 Å². The first-order valence-corrected chi connectivity index (χ1v) is 6.75. The minimum Gasteiger partial charge on any atom is -0.311 e. The number of benzene rings is 1. The zero-order valence-corrected chi connectivity index (χ0v) is 11.6. The van der Waals surface area contributed by atoms with Crippen molar-refractivity contribution in [3.8, 4) is 0 Å². The molecule has 1 heterocycles. The molecule has 92 valence electrons. The van der Waals surface area contributed by atoms with E-state index in [0.29, 0.717) is 6.54 Å². The van der Waals surface area contributed by atoms with E-state index >= 15 is 0 Å². The van der Waals surface area contributed by atoms with Crippen molar-refractivity contribution >= 4 is 27.5 Å². The van der Waals surface area contributed by atoms with Gasteiger partial charge in [-0.3, -0.25) is 4.79 Å². The number of anilines is 1. The molecule has 1 saturated heterocycles. The van der Waals surface area contributed by atoms with Crippen LogP contribution in [-0.4, -0.2) is 25.5 Å². The largest absolute Gasteiger partial charge is 0.311 e. The predicted octanol–water partition coefficient (Wildman–Crippen LogP) is 2.47. The van der Waals surface area contributed by atoms with Gasteiger partial charge in [0.05, 0.1) is 6.54 Å². The fourth-order valence-corrected chi connectivity index (χ4v) is 2.59. The number of carbonyl (C=O) groups excluding carboxylic acids is 1.